The van der Waals surface area contributed by atoms with Gasteiger partial charge in [0.25, 0.3) is 0 Å². The zero-order valence-electron chi connectivity index (χ0n) is 12.1. The standard InChI is InChI=1S/C15H22FN3O/c1-12(2)11-18-7-9-19(10-8-18)15(20)17-14-6-4-3-5-13(14)16/h3-6,12H,7-11H2,1-2H3,(H,17,20). The number of amides is 2. The van der Waals surface area contributed by atoms with E-state index in [2.05, 4.69) is 24.1 Å². The first-order valence-electron chi connectivity index (χ1n) is 7.09. The number of hydrogen-bond acceptors (Lipinski definition) is 2. The second kappa shape index (κ2) is 6.70. The first-order chi connectivity index (χ1) is 9.56. The van der Waals surface area contributed by atoms with Crippen LogP contribution in [0.25, 0.3) is 0 Å². The molecule has 1 aromatic carbocycles. The molecule has 0 radical (unpaired) electrons. The molecule has 0 atom stereocenters. The van der Waals surface area contributed by atoms with Gasteiger partial charge in [0, 0.05) is 32.7 Å². The molecule has 0 spiro atoms. The van der Waals surface area contributed by atoms with Crippen LogP contribution in [0.15, 0.2) is 24.3 Å². The molecule has 4 nitrogen and oxygen atoms in total. The van der Waals surface area contributed by atoms with Crippen LogP contribution in [0, 0.1) is 11.7 Å². The number of nitrogens with one attached hydrogen (secondary N) is 1. The Bertz CT molecular complexity index is 456. The average molecular weight is 279 g/mol. The smallest absolute Gasteiger partial charge is 0.322 e. The highest BCUT2D eigenvalue weighted by atomic mass is 19.1. The number of nitrogens with zero attached hydrogens (tertiary/aromatic N) is 2. The summed E-state index contributed by atoms with van der Waals surface area (Å²) >= 11 is 0. The molecule has 1 heterocycles. The van der Waals surface area contributed by atoms with Gasteiger partial charge in [0.1, 0.15) is 5.82 Å². The van der Waals surface area contributed by atoms with E-state index in [0.29, 0.717) is 19.0 Å². The molecule has 0 aromatic heterocycles. The van der Waals surface area contributed by atoms with Gasteiger partial charge in [0.05, 0.1) is 5.69 Å². The molecule has 0 unspecified atom stereocenters. The molecule has 0 saturated carbocycles. The van der Waals surface area contributed by atoms with Crippen molar-refractivity contribution in [1.29, 1.82) is 0 Å². The topological polar surface area (TPSA) is 35.6 Å². The molecule has 1 aromatic rings. The zero-order chi connectivity index (χ0) is 14.5. The lowest BCUT2D eigenvalue weighted by atomic mass is 10.2. The summed E-state index contributed by atoms with van der Waals surface area (Å²) in [6, 6.07) is 6.01. The minimum atomic E-state index is -0.403. The maximum Gasteiger partial charge on any atom is 0.322 e. The number of rotatable bonds is 3. The summed E-state index contributed by atoms with van der Waals surface area (Å²) in [4.78, 5) is 16.2. The van der Waals surface area contributed by atoms with E-state index < -0.39 is 5.82 Å². The van der Waals surface area contributed by atoms with Crippen molar-refractivity contribution < 1.29 is 9.18 Å². The minimum Gasteiger partial charge on any atom is -0.322 e. The van der Waals surface area contributed by atoms with Gasteiger partial charge < -0.3 is 10.2 Å². The lowest BCUT2D eigenvalue weighted by molar-refractivity contribution is 0.138. The zero-order valence-corrected chi connectivity index (χ0v) is 12.1. The second-order valence-corrected chi connectivity index (χ2v) is 5.59. The van der Waals surface area contributed by atoms with Crippen LogP contribution < -0.4 is 5.32 Å². The van der Waals surface area contributed by atoms with Crippen molar-refractivity contribution in [1.82, 2.24) is 9.80 Å². The van der Waals surface area contributed by atoms with Crippen LogP contribution in [-0.2, 0) is 0 Å². The maximum absolute atomic E-state index is 13.5. The fourth-order valence-corrected chi connectivity index (χ4v) is 2.41. The van der Waals surface area contributed by atoms with Gasteiger partial charge in [-0.15, -0.1) is 0 Å². The van der Waals surface area contributed by atoms with Gasteiger partial charge in [-0.25, -0.2) is 9.18 Å². The van der Waals surface area contributed by atoms with Crippen LogP contribution in [-0.4, -0.2) is 48.6 Å². The third kappa shape index (κ3) is 3.93. The first kappa shape index (κ1) is 14.8. The van der Waals surface area contributed by atoms with Gasteiger partial charge in [-0.3, -0.25) is 4.90 Å². The van der Waals surface area contributed by atoms with E-state index in [9.17, 15) is 9.18 Å². The van der Waals surface area contributed by atoms with Crippen LogP contribution in [0.5, 0.6) is 0 Å². The van der Waals surface area contributed by atoms with Crippen molar-refractivity contribution in [2.24, 2.45) is 5.92 Å². The number of urea groups is 1. The highest BCUT2D eigenvalue weighted by Crippen LogP contribution is 2.14. The van der Waals surface area contributed by atoms with Gasteiger partial charge >= 0.3 is 6.03 Å². The van der Waals surface area contributed by atoms with E-state index in [1.165, 1.54) is 6.07 Å². The Balaban J connectivity index is 1.85. The summed E-state index contributed by atoms with van der Waals surface area (Å²) in [6.45, 7) is 8.57. The van der Waals surface area contributed by atoms with Crippen LogP contribution in [0.4, 0.5) is 14.9 Å². The lowest BCUT2D eigenvalue weighted by Gasteiger charge is -2.35. The van der Waals surface area contributed by atoms with E-state index in [1.54, 1.807) is 23.1 Å². The number of halogens is 1. The Kier molecular flexibility index (Phi) is 4.95. The van der Waals surface area contributed by atoms with Gasteiger partial charge in [-0.2, -0.15) is 0 Å². The molecular weight excluding hydrogens is 257 g/mol. The summed E-state index contributed by atoms with van der Waals surface area (Å²) in [5.74, 6) is 0.230. The molecule has 1 fully saturated rings. The number of carbonyl (C=O) groups excluding carboxylic acids is 1. The van der Waals surface area contributed by atoms with Crippen molar-refractivity contribution in [2.45, 2.75) is 13.8 Å². The molecule has 2 rings (SSSR count). The number of piperazine rings is 1. The maximum atomic E-state index is 13.5. The SMILES string of the molecule is CC(C)CN1CCN(C(=O)Nc2ccccc2F)CC1. The normalized spacial score (nSPS) is 16.5. The Labute approximate surface area is 119 Å². The molecule has 1 saturated heterocycles. The van der Waals surface area contributed by atoms with Crippen LogP contribution in [0.2, 0.25) is 0 Å². The van der Waals surface area contributed by atoms with E-state index in [-0.39, 0.29) is 11.7 Å². The summed E-state index contributed by atoms with van der Waals surface area (Å²) in [5, 5.41) is 2.63. The van der Waals surface area contributed by atoms with Crippen molar-refractivity contribution in [3.05, 3.63) is 30.1 Å². The largest absolute Gasteiger partial charge is 0.322 e. The van der Waals surface area contributed by atoms with Crippen molar-refractivity contribution in [2.75, 3.05) is 38.0 Å². The van der Waals surface area contributed by atoms with E-state index in [0.717, 1.165) is 19.6 Å². The highest BCUT2D eigenvalue weighted by molar-refractivity contribution is 5.89. The van der Waals surface area contributed by atoms with E-state index in [1.807, 2.05) is 0 Å². The Morgan fingerprint density at radius 3 is 2.50 bits per heavy atom. The molecule has 1 aliphatic heterocycles. The Morgan fingerprint density at radius 1 is 1.25 bits per heavy atom. The average Bonchev–Trinajstić information content (AvgIpc) is 2.41. The van der Waals surface area contributed by atoms with Gasteiger partial charge in [-0.05, 0) is 18.1 Å². The van der Waals surface area contributed by atoms with Crippen molar-refractivity contribution in [3.63, 3.8) is 0 Å². The van der Waals surface area contributed by atoms with E-state index in [4.69, 9.17) is 0 Å². The molecule has 1 aliphatic rings. The molecule has 0 bridgehead atoms. The third-order valence-corrected chi connectivity index (χ3v) is 3.40. The molecule has 20 heavy (non-hydrogen) atoms. The number of hydrogen-bond donors (Lipinski definition) is 1. The van der Waals surface area contributed by atoms with Gasteiger partial charge in [-0.1, -0.05) is 26.0 Å². The van der Waals surface area contributed by atoms with Gasteiger partial charge in [0.2, 0.25) is 0 Å². The Morgan fingerprint density at radius 2 is 1.90 bits per heavy atom. The summed E-state index contributed by atoms with van der Waals surface area (Å²) < 4.78 is 13.5. The number of anilines is 1. The highest BCUT2D eigenvalue weighted by Gasteiger charge is 2.21. The predicted octanol–water partition coefficient (Wildman–Crippen LogP) is 2.63. The van der Waals surface area contributed by atoms with Crippen LogP contribution in [0.1, 0.15) is 13.8 Å². The fraction of sp³-hybridized carbons (Fsp3) is 0.533. The minimum absolute atomic E-state index is 0.223. The Hall–Kier alpha value is -1.62. The van der Waals surface area contributed by atoms with Crippen LogP contribution >= 0.6 is 0 Å². The predicted molar refractivity (Wildman–Crippen MR) is 78.3 cm³/mol. The number of para-hydroxylation sites is 1. The van der Waals surface area contributed by atoms with Crippen molar-refractivity contribution >= 4 is 11.7 Å². The lowest BCUT2D eigenvalue weighted by Crippen LogP contribution is -2.50. The first-order valence-corrected chi connectivity index (χ1v) is 7.09. The van der Waals surface area contributed by atoms with E-state index >= 15 is 0 Å². The quantitative estimate of drug-likeness (QED) is 0.923. The molecule has 5 heteroatoms. The summed E-state index contributed by atoms with van der Waals surface area (Å²) in [6.07, 6.45) is 0. The number of carbonyl (C=O) groups is 1. The monoisotopic (exact) mass is 279 g/mol. The molecule has 1 N–H and O–H groups in total. The molecule has 2 amide bonds. The summed E-state index contributed by atoms with van der Waals surface area (Å²) in [5.41, 5.74) is 0.238. The molecular formula is C15H22FN3O. The second-order valence-electron chi connectivity index (χ2n) is 5.59. The summed E-state index contributed by atoms with van der Waals surface area (Å²) in [7, 11) is 0. The number of benzene rings is 1. The van der Waals surface area contributed by atoms with Crippen LogP contribution in [0.3, 0.4) is 0 Å². The van der Waals surface area contributed by atoms with Crippen molar-refractivity contribution in [3.8, 4) is 0 Å². The van der Waals surface area contributed by atoms with Gasteiger partial charge in [0.15, 0.2) is 0 Å². The fourth-order valence-electron chi connectivity index (χ4n) is 2.41. The third-order valence-electron chi connectivity index (χ3n) is 3.40. The molecule has 0 aliphatic carbocycles. The molecule has 110 valence electrons.